The van der Waals surface area contributed by atoms with E-state index in [1.165, 1.54) is 4.90 Å². The van der Waals surface area contributed by atoms with E-state index >= 15 is 0 Å². The Morgan fingerprint density at radius 2 is 2.26 bits per heavy atom. The fourth-order valence-corrected chi connectivity index (χ4v) is 2.92. The highest BCUT2D eigenvalue weighted by atomic mass is 79.9. The number of benzene rings is 1. The summed E-state index contributed by atoms with van der Waals surface area (Å²) in [6, 6.07) is 8.82. The van der Waals surface area contributed by atoms with Gasteiger partial charge in [-0.1, -0.05) is 27.2 Å². The highest BCUT2D eigenvalue weighted by molar-refractivity contribution is 9.10. The van der Waals surface area contributed by atoms with Crippen molar-refractivity contribution in [3.8, 4) is 0 Å². The highest BCUT2D eigenvalue weighted by Gasteiger charge is 2.28. The Bertz CT molecular complexity index is 744. The van der Waals surface area contributed by atoms with E-state index in [1.807, 2.05) is 6.07 Å². The zero-order valence-electron chi connectivity index (χ0n) is 12.7. The number of likely N-dealkylation sites (tertiary alicyclic amines) is 1. The molecule has 0 atom stereocenters. The number of carbonyl (C=O) groups is 2. The maximum atomic E-state index is 12.9. The molecule has 0 spiro atoms. The molecule has 0 bridgehead atoms. The molecule has 0 aliphatic carbocycles. The van der Waals surface area contributed by atoms with Crippen LogP contribution in [0.1, 0.15) is 29.0 Å². The molecule has 6 nitrogen and oxygen atoms in total. The van der Waals surface area contributed by atoms with Gasteiger partial charge < -0.3 is 9.42 Å². The van der Waals surface area contributed by atoms with E-state index in [2.05, 4.69) is 21.1 Å². The molecule has 1 aromatic heterocycles. The lowest BCUT2D eigenvalue weighted by atomic mass is 10.2. The molecule has 23 heavy (non-hydrogen) atoms. The quantitative estimate of drug-likeness (QED) is 0.821. The average Bonchev–Trinajstić information content (AvgIpc) is 3.13. The van der Waals surface area contributed by atoms with Crippen LogP contribution in [-0.4, -0.2) is 35.1 Å². The second-order valence-corrected chi connectivity index (χ2v) is 6.36. The molecule has 0 saturated carbocycles. The largest absolute Gasteiger partial charge is 0.360 e. The minimum Gasteiger partial charge on any atom is -0.360 e. The molecule has 120 valence electrons. The number of aryl methyl sites for hydroxylation is 1. The van der Waals surface area contributed by atoms with Crippen molar-refractivity contribution >= 4 is 33.6 Å². The molecule has 2 heterocycles. The minimum absolute atomic E-state index is 0.0530. The summed E-state index contributed by atoms with van der Waals surface area (Å²) in [7, 11) is 0. The van der Waals surface area contributed by atoms with Crippen LogP contribution in [0.4, 0.5) is 5.82 Å². The molecule has 1 fully saturated rings. The molecule has 2 amide bonds. The number of carbonyl (C=O) groups excluding carboxylic acids is 2. The number of hydrogen-bond donors (Lipinski definition) is 0. The van der Waals surface area contributed by atoms with Crippen molar-refractivity contribution in [3.63, 3.8) is 0 Å². The van der Waals surface area contributed by atoms with E-state index < -0.39 is 0 Å². The lowest BCUT2D eigenvalue weighted by Gasteiger charge is -2.25. The van der Waals surface area contributed by atoms with E-state index in [1.54, 1.807) is 36.1 Å². The summed E-state index contributed by atoms with van der Waals surface area (Å²) in [5, 5.41) is 3.93. The maximum Gasteiger partial charge on any atom is 0.261 e. The average molecular weight is 378 g/mol. The zero-order valence-corrected chi connectivity index (χ0v) is 14.2. The Hall–Kier alpha value is -2.15. The van der Waals surface area contributed by atoms with E-state index in [0.29, 0.717) is 30.1 Å². The van der Waals surface area contributed by atoms with Crippen LogP contribution in [0.25, 0.3) is 0 Å². The van der Waals surface area contributed by atoms with Crippen LogP contribution < -0.4 is 4.90 Å². The Kier molecular flexibility index (Phi) is 4.47. The van der Waals surface area contributed by atoms with Crippen molar-refractivity contribution in [3.05, 3.63) is 46.1 Å². The topological polar surface area (TPSA) is 66.7 Å². The van der Waals surface area contributed by atoms with E-state index in [9.17, 15) is 9.59 Å². The molecule has 1 aliphatic rings. The van der Waals surface area contributed by atoms with E-state index in [0.717, 1.165) is 10.9 Å². The number of hydrogen-bond acceptors (Lipinski definition) is 4. The van der Waals surface area contributed by atoms with Gasteiger partial charge in [0.05, 0.1) is 0 Å². The van der Waals surface area contributed by atoms with Gasteiger partial charge in [0.15, 0.2) is 5.82 Å². The first-order valence-electron chi connectivity index (χ1n) is 7.33. The van der Waals surface area contributed by atoms with Gasteiger partial charge >= 0.3 is 0 Å². The van der Waals surface area contributed by atoms with Gasteiger partial charge in [-0.2, -0.15) is 0 Å². The van der Waals surface area contributed by atoms with Crippen molar-refractivity contribution < 1.29 is 14.1 Å². The van der Waals surface area contributed by atoms with Crippen molar-refractivity contribution in [2.24, 2.45) is 0 Å². The molecular weight excluding hydrogens is 362 g/mol. The number of anilines is 1. The van der Waals surface area contributed by atoms with Gasteiger partial charge in [0.25, 0.3) is 5.91 Å². The fraction of sp³-hybridized carbons (Fsp3) is 0.312. The van der Waals surface area contributed by atoms with Crippen LogP contribution in [0.15, 0.2) is 39.3 Å². The number of amides is 2. The highest BCUT2D eigenvalue weighted by Crippen LogP contribution is 2.21. The Labute approximate surface area is 142 Å². The van der Waals surface area contributed by atoms with Gasteiger partial charge in [-0.25, -0.2) is 0 Å². The number of halogens is 1. The molecule has 0 N–H and O–H groups in total. The normalized spacial score (nSPS) is 14.3. The predicted octanol–water partition coefficient (Wildman–Crippen LogP) is 2.97. The van der Waals surface area contributed by atoms with Crippen molar-refractivity contribution in [2.45, 2.75) is 19.8 Å². The number of nitrogens with zero attached hydrogens (tertiary/aromatic N) is 3. The molecule has 0 radical (unpaired) electrons. The first kappa shape index (κ1) is 15.7. The van der Waals surface area contributed by atoms with Crippen LogP contribution in [0.3, 0.4) is 0 Å². The lowest BCUT2D eigenvalue weighted by Crippen LogP contribution is -2.42. The van der Waals surface area contributed by atoms with Crippen LogP contribution in [-0.2, 0) is 4.79 Å². The third-order valence-corrected chi connectivity index (χ3v) is 4.19. The maximum absolute atomic E-state index is 12.9. The van der Waals surface area contributed by atoms with Gasteiger partial charge in [0.2, 0.25) is 5.91 Å². The van der Waals surface area contributed by atoms with Gasteiger partial charge in [0.1, 0.15) is 12.4 Å². The van der Waals surface area contributed by atoms with Crippen molar-refractivity contribution in [2.75, 3.05) is 18.1 Å². The number of aromatic nitrogens is 1. The zero-order chi connectivity index (χ0) is 16.4. The van der Waals surface area contributed by atoms with Crippen LogP contribution >= 0.6 is 15.9 Å². The second kappa shape index (κ2) is 6.54. The van der Waals surface area contributed by atoms with Crippen molar-refractivity contribution in [1.82, 2.24) is 10.1 Å². The molecule has 1 saturated heterocycles. The summed E-state index contributed by atoms with van der Waals surface area (Å²) in [5.74, 6) is 0.850. The first-order chi connectivity index (χ1) is 11.0. The second-order valence-electron chi connectivity index (χ2n) is 5.44. The SMILES string of the molecule is Cc1cc(N(CN2CCCC2=O)C(=O)c2cccc(Br)c2)no1. The number of rotatable bonds is 4. The van der Waals surface area contributed by atoms with Crippen LogP contribution in [0, 0.1) is 6.92 Å². The van der Waals surface area contributed by atoms with Gasteiger partial charge in [-0.15, -0.1) is 0 Å². The third-order valence-electron chi connectivity index (χ3n) is 3.69. The van der Waals surface area contributed by atoms with Crippen LogP contribution in [0.5, 0.6) is 0 Å². The molecule has 3 rings (SSSR count). The van der Waals surface area contributed by atoms with Crippen molar-refractivity contribution in [1.29, 1.82) is 0 Å². The Morgan fingerprint density at radius 1 is 1.43 bits per heavy atom. The van der Waals surface area contributed by atoms with E-state index in [-0.39, 0.29) is 18.5 Å². The summed E-state index contributed by atoms with van der Waals surface area (Å²) in [6.45, 7) is 2.59. The monoisotopic (exact) mass is 377 g/mol. The summed E-state index contributed by atoms with van der Waals surface area (Å²) in [4.78, 5) is 27.9. The third kappa shape index (κ3) is 3.44. The predicted molar refractivity (Wildman–Crippen MR) is 88.0 cm³/mol. The standard InChI is InChI=1S/C16H16BrN3O3/c1-11-8-14(18-23-11)20(10-19-7-3-6-15(19)21)16(22)12-4-2-5-13(17)9-12/h2,4-5,8-9H,3,6-7,10H2,1H3. The minimum atomic E-state index is -0.223. The Morgan fingerprint density at radius 3 is 2.87 bits per heavy atom. The molecule has 0 unspecified atom stereocenters. The molecular formula is C16H16BrN3O3. The Balaban J connectivity index is 1.91. The van der Waals surface area contributed by atoms with Gasteiger partial charge in [-0.05, 0) is 31.5 Å². The smallest absolute Gasteiger partial charge is 0.261 e. The van der Waals surface area contributed by atoms with Crippen LogP contribution in [0.2, 0.25) is 0 Å². The molecule has 7 heteroatoms. The first-order valence-corrected chi connectivity index (χ1v) is 8.12. The molecule has 1 aliphatic heterocycles. The van der Waals surface area contributed by atoms with E-state index in [4.69, 9.17) is 4.52 Å². The molecule has 1 aromatic carbocycles. The summed E-state index contributed by atoms with van der Waals surface area (Å²) >= 11 is 3.37. The summed E-state index contributed by atoms with van der Waals surface area (Å²) < 4.78 is 5.91. The lowest BCUT2D eigenvalue weighted by molar-refractivity contribution is -0.127. The fourth-order valence-electron chi connectivity index (χ4n) is 2.52. The summed E-state index contributed by atoms with van der Waals surface area (Å²) in [5.41, 5.74) is 0.520. The van der Waals surface area contributed by atoms with Gasteiger partial charge in [0, 0.05) is 29.1 Å². The molecule has 2 aromatic rings. The van der Waals surface area contributed by atoms with Gasteiger partial charge in [-0.3, -0.25) is 14.5 Å². The summed E-state index contributed by atoms with van der Waals surface area (Å²) in [6.07, 6.45) is 1.34.